The van der Waals surface area contributed by atoms with E-state index in [0.717, 1.165) is 72.1 Å². The lowest BCUT2D eigenvalue weighted by molar-refractivity contribution is -0.122. The average molecular weight is 617 g/mol. The first-order valence-electron chi connectivity index (χ1n) is 15.8. The number of pyridine rings is 3. The van der Waals surface area contributed by atoms with Crippen molar-refractivity contribution in [2.45, 2.75) is 32.1 Å². The number of carbonyl (C=O) groups is 1. The van der Waals surface area contributed by atoms with Gasteiger partial charge in [0, 0.05) is 47.4 Å². The van der Waals surface area contributed by atoms with E-state index < -0.39 is 0 Å². The molecule has 1 saturated heterocycles. The fourth-order valence-corrected chi connectivity index (χ4v) is 6.32. The molecule has 2 fully saturated rings. The number of carbonyl (C=O) groups excluding carboxylic acids is 1. The van der Waals surface area contributed by atoms with Crippen LogP contribution in [0.3, 0.4) is 0 Å². The summed E-state index contributed by atoms with van der Waals surface area (Å²) in [6.07, 6.45) is 12.3. The van der Waals surface area contributed by atoms with E-state index in [9.17, 15) is 9.18 Å². The van der Waals surface area contributed by atoms with Gasteiger partial charge in [0.05, 0.1) is 40.5 Å². The van der Waals surface area contributed by atoms with E-state index in [-0.39, 0.29) is 17.6 Å². The van der Waals surface area contributed by atoms with Crippen LogP contribution in [0, 0.1) is 11.7 Å². The van der Waals surface area contributed by atoms with Crippen molar-refractivity contribution in [3.63, 3.8) is 0 Å². The van der Waals surface area contributed by atoms with Crippen LogP contribution < -0.4 is 10.1 Å². The van der Waals surface area contributed by atoms with Crippen LogP contribution >= 0.6 is 0 Å². The van der Waals surface area contributed by atoms with E-state index in [1.165, 1.54) is 25.0 Å². The molecule has 3 N–H and O–H groups in total. The van der Waals surface area contributed by atoms with E-state index in [0.29, 0.717) is 40.5 Å². The molecule has 1 aromatic carbocycles. The SMILES string of the molecule is O=C(Nc1cncc(-c2ccc3[nH]nc(-c4cc5c(-c6cc(F)cc(OCCN7CCCC7)c6)cncc5[nH]4)c3n2)c1)C1CCC1. The zero-order valence-corrected chi connectivity index (χ0v) is 25.2. The molecule has 46 heavy (non-hydrogen) atoms. The maximum atomic E-state index is 14.8. The standard InChI is InChI=1S/C35H33FN8O2/c36-24-12-22(14-26(15-24)46-11-10-44-8-1-2-9-44)28-19-38-20-32-27(28)16-31(40-32)34-33-30(42-43-34)7-6-29(41-33)23-13-25(18-37-17-23)39-35(45)21-4-3-5-21/h6-7,12-21,40H,1-5,8-11H2,(H,39,45)(H,42,43). The highest BCUT2D eigenvalue weighted by Gasteiger charge is 2.25. The summed E-state index contributed by atoms with van der Waals surface area (Å²) < 4.78 is 20.8. The highest BCUT2D eigenvalue weighted by atomic mass is 19.1. The molecule has 0 radical (unpaired) electrons. The Bertz CT molecular complexity index is 2060. The maximum absolute atomic E-state index is 14.8. The number of amides is 1. The summed E-state index contributed by atoms with van der Waals surface area (Å²) in [4.78, 5) is 32.0. The van der Waals surface area contributed by atoms with E-state index >= 15 is 0 Å². The number of benzene rings is 1. The second-order valence-corrected chi connectivity index (χ2v) is 12.1. The Kier molecular flexibility index (Phi) is 7.37. The number of nitrogens with one attached hydrogen (secondary N) is 3. The van der Waals surface area contributed by atoms with Gasteiger partial charge >= 0.3 is 0 Å². The Labute approximate surface area is 264 Å². The zero-order chi connectivity index (χ0) is 31.0. The molecule has 1 saturated carbocycles. The van der Waals surface area contributed by atoms with Gasteiger partial charge in [0.15, 0.2) is 0 Å². The molecule has 232 valence electrons. The van der Waals surface area contributed by atoms with Gasteiger partial charge in [-0.2, -0.15) is 5.10 Å². The molecule has 1 aliphatic heterocycles. The number of hydrogen-bond acceptors (Lipinski definition) is 7. The van der Waals surface area contributed by atoms with Gasteiger partial charge in [-0.3, -0.25) is 24.8 Å². The largest absolute Gasteiger partial charge is 0.492 e. The molecule has 0 unspecified atom stereocenters. The Morgan fingerprint density at radius 2 is 1.83 bits per heavy atom. The van der Waals surface area contributed by atoms with Crippen LogP contribution in [0.2, 0.25) is 0 Å². The summed E-state index contributed by atoms with van der Waals surface area (Å²) in [6.45, 7) is 3.52. The van der Waals surface area contributed by atoms with E-state index in [1.54, 1.807) is 24.8 Å². The summed E-state index contributed by atoms with van der Waals surface area (Å²) in [6, 6.07) is 12.5. The number of ether oxygens (including phenoxy) is 1. The highest BCUT2D eigenvalue weighted by molar-refractivity contribution is 6.00. The van der Waals surface area contributed by atoms with Gasteiger partial charge in [-0.25, -0.2) is 9.37 Å². The molecular formula is C35H33FN8O2. The quantitative estimate of drug-likeness (QED) is 0.168. The Morgan fingerprint density at radius 1 is 0.957 bits per heavy atom. The fraction of sp³-hybridized carbons (Fsp3) is 0.286. The third-order valence-corrected chi connectivity index (χ3v) is 9.04. The molecule has 0 spiro atoms. The minimum atomic E-state index is -0.363. The number of halogens is 1. The number of anilines is 1. The first kappa shape index (κ1) is 28.3. The zero-order valence-electron chi connectivity index (χ0n) is 25.2. The second-order valence-electron chi connectivity index (χ2n) is 12.1. The lowest BCUT2D eigenvalue weighted by atomic mass is 9.85. The van der Waals surface area contributed by atoms with Gasteiger partial charge in [0.1, 0.15) is 29.4 Å². The molecule has 2 aliphatic rings. The first-order chi connectivity index (χ1) is 22.6. The topological polar surface area (TPSA) is 125 Å². The minimum Gasteiger partial charge on any atom is -0.492 e. The van der Waals surface area contributed by atoms with Crippen molar-refractivity contribution in [3.05, 3.63) is 73.1 Å². The Balaban J connectivity index is 1.09. The average Bonchev–Trinajstić information content (AvgIpc) is 3.79. The van der Waals surface area contributed by atoms with Crippen LogP contribution in [0.5, 0.6) is 5.75 Å². The molecule has 1 amide bonds. The second kappa shape index (κ2) is 12.0. The molecule has 8 rings (SSSR count). The van der Waals surface area contributed by atoms with Crippen LogP contribution in [0.4, 0.5) is 10.1 Å². The number of aromatic nitrogens is 6. The third kappa shape index (κ3) is 5.58. The summed E-state index contributed by atoms with van der Waals surface area (Å²) in [5, 5.41) is 11.5. The van der Waals surface area contributed by atoms with E-state index in [1.807, 2.05) is 30.3 Å². The molecule has 0 bridgehead atoms. The number of likely N-dealkylation sites (tertiary alicyclic amines) is 1. The molecule has 6 heterocycles. The molecule has 11 heteroatoms. The Hall–Kier alpha value is -5.16. The number of fused-ring (bicyclic) bond motifs is 2. The van der Waals surface area contributed by atoms with Gasteiger partial charge in [-0.05, 0) is 80.7 Å². The van der Waals surface area contributed by atoms with Crippen molar-refractivity contribution >= 4 is 33.5 Å². The molecule has 10 nitrogen and oxygen atoms in total. The van der Waals surface area contributed by atoms with Gasteiger partial charge in [-0.15, -0.1) is 0 Å². The number of hydrogen-bond donors (Lipinski definition) is 3. The van der Waals surface area contributed by atoms with Crippen LogP contribution in [-0.4, -0.2) is 67.2 Å². The van der Waals surface area contributed by atoms with Crippen molar-refractivity contribution in [3.8, 4) is 39.5 Å². The van der Waals surface area contributed by atoms with E-state index in [4.69, 9.17) is 9.72 Å². The summed E-state index contributed by atoms with van der Waals surface area (Å²) in [7, 11) is 0. The van der Waals surface area contributed by atoms with Crippen LogP contribution in [0.1, 0.15) is 32.1 Å². The van der Waals surface area contributed by atoms with Crippen molar-refractivity contribution < 1.29 is 13.9 Å². The number of nitrogens with zero attached hydrogens (tertiary/aromatic N) is 5. The van der Waals surface area contributed by atoms with Crippen LogP contribution in [0.15, 0.2) is 67.3 Å². The number of rotatable bonds is 9. The molecular weight excluding hydrogens is 583 g/mol. The van der Waals surface area contributed by atoms with Gasteiger partial charge < -0.3 is 15.0 Å². The maximum Gasteiger partial charge on any atom is 0.227 e. The predicted molar refractivity (Wildman–Crippen MR) is 175 cm³/mol. The minimum absolute atomic E-state index is 0.0397. The molecule has 6 aromatic rings. The van der Waals surface area contributed by atoms with Gasteiger partial charge in [0.2, 0.25) is 5.91 Å². The molecule has 5 aromatic heterocycles. The summed E-state index contributed by atoms with van der Waals surface area (Å²) in [5.74, 6) is 0.258. The monoisotopic (exact) mass is 616 g/mol. The molecule has 1 aliphatic carbocycles. The number of aromatic amines is 2. The van der Waals surface area contributed by atoms with Crippen LogP contribution in [-0.2, 0) is 4.79 Å². The van der Waals surface area contributed by atoms with Crippen molar-refractivity contribution in [2.75, 3.05) is 31.6 Å². The lowest BCUT2D eigenvalue weighted by Gasteiger charge is -2.24. The summed E-state index contributed by atoms with van der Waals surface area (Å²) >= 11 is 0. The molecule has 0 atom stereocenters. The lowest BCUT2D eigenvalue weighted by Crippen LogP contribution is -2.28. The van der Waals surface area contributed by atoms with E-state index in [2.05, 4.69) is 35.4 Å². The smallest absolute Gasteiger partial charge is 0.227 e. The number of H-pyrrole nitrogens is 2. The van der Waals surface area contributed by atoms with Gasteiger partial charge in [0.25, 0.3) is 0 Å². The third-order valence-electron chi connectivity index (χ3n) is 9.04. The fourth-order valence-electron chi connectivity index (χ4n) is 6.32. The summed E-state index contributed by atoms with van der Waals surface area (Å²) in [5.41, 5.74) is 7.25. The predicted octanol–water partition coefficient (Wildman–Crippen LogP) is 6.58. The highest BCUT2D eigenvalue weighted by Crippen LogP contribution is 2.35. The van der Waals surface area contributed by atoms with Crippen molar-refractivity contribution in [1.29, 1.82) is 0 Å². The van der Waals surface area contributed by atoms with Crippen molar-refractivity contribution in [2.24, 2.45) is 5.92 Å². The normalized spacial score (nSPS) is 15.4. The van der Waals surface area contributed by atoms with Crippen molar-refractivity contribution in [1.82, 2.24) is 35.0 Å². The Morgan fingerprint density at radius 3 is 2.67 bits per heavy atom. The van der Waals surface area contributed by atoms with Gasteiger partial charge in [-0.1, -0.05) is 6.42 Å². The van der Waals surface area contributed by atoms with Crippen LogP contribution in [0.25, 0.3) is 55.7 Å². The first-order valence-corrected chi connectivity index (χ1v) is 15.8.